The average Bonchev–Trinajstić information content (AvgIpc) is 2.40. The minimum Gasteiger partial charge on any atom is -0.508 e. The number of anilines is 1. The maximum Gasteiger partial charge on any atom is 0.118 e. The fourth-order valence-electron chi connectivity index (χ4n) is 3.26. The van der Waals surface area contributed by atoms with Crippen molar-refractivity contribution in [2.75, 3.05) is 11.9 Å². The minimum atomic E-state index is 0.376. The van der Waals surface area contributed by atoms with E-state index in [-0.39, 0.29) is 0 Å². The summed E-state index contributed by atoms with van der Waals surface area (Å²) in [5, 5.41) is 13.1. The Morgan fingerprint density at radius 3 is 2.35 bits per heavy atom. The number of hydrogen-bond donors (Lipinski definition) is 2. The normalized spacial score (nSPS) is 23.6. The van der Waals surface area contributed by atoms with Crippen LogP contribution in [-0.2, 0) is 0 Å². The lowest BCUT2D eigenvalue weighted by Gasteiger charge is -2.37. The first-order valence-electron chi connectivity index (χ1n) is 7.90. The number of hydrogen-bond acceptors (Lipinski definition) is 2. The molecule has 0 aromatic heterocycles. The van der Waals surface area contributed by atoms with Crippen molar-refractivity contribution >= 4 is 5.69 Å². The van der Waals surface area contributed by atoms with Gasteiger partial charge in [0.1, 0.15) is 5.75 Å². The molecule has 1 aliphatic carbocycles. The van der Waals surface area contributed by atoms with Crippen LogP contribution in [0, 0.1) is 24.2 Å². The van der Waals surface area contributed by atoms with E-state index in [2.05, 4.69) is 26.1 Å². The Bertz CT molecular complexity index is 439. The molecule has 0 unspecified atom stereocenters. The molecule has 1 saturated carbocycles. The summed E-state index contributed by atoms with van der Waals surface area (Å²) in [6.45, 7) is 10.1. The van der Waals surface area contributed by atoms with Crippen molar-refractivity contribution in [1.29, 1.82) is 0 Å². The van der Waals surface area contributed by atoms with Crippen LogP contribution < -0.4 is 5.32 Å². The molecule has 0 amide bonds. The molecule has 2 rings (SSSR count). The van der Waals surface area contributed by atoms with E-state index < -0.39 is 0 Å². The lowest BCUT2D eigenvalue weighted by Crippen LogP contribution is -2.28. The molecule has 0 radical (unpaired) electrons. The second-order valence-electron chi connectivity index (χ2n) is 7.47. The van der Waals surface area contributed by atoms with Gasteiger partial charge in [-0.2, -0.15) is 0 Å². The highest BCUT2D eigenvalue weighted by Gasteiger charge is 2.29. The highest BCUT2D eigenvalue weighted by molar-refractivity contribution is 5.50. The van der Waals surface area contributed by atoms with E-state index in [0.29, 0.717) is 11.2 Å². The van der Waals surface area contributed by atoms with Crippen LogP contribution in [0.5, 0.6) is 5.75 Å². The van der Waals surface area contributed by atoms with E-state index in [0.717, 1.165) is 29.6 Å². The third-order valence-electron chi connectivity index (χ3n) is 4.86. The number of benzene rings is 1. The van der Waals surface area contributed by atoms with Crippen LogP contribution in [0.4, 0.5) is 5.69 Å². The van der Waals surface area contributed by atoms with Crippen molar-refractivity contribution in [3.8, 4) is 5.75 Å². The van der Waals surface area contributed by atoms with Gasteiger partial charge in [-0.15, -0.1) is 0 Å². The van der Waals surface area contributed by atoms with Crippen LogP contribution in [0.1, 0.15) is 52.0 Å². The summed E-state index contributed by atoms with van der Waals surface area (Å²) < 4.78 is 0. The molecule has 0 heterocycles. The maximum absolute atomic E-state index is 9.54. The molecule has 2 N–H and O–H groups in total. The van der Waals surface area contributed by atoms with Gasteiger partial charge in [0.05, 0.1) is 0 Å². The summed E-state index contributed by atoms with van der Waals surface area (Å²) in [5.41, 5.74) is 2.52. The molecule has 1 aliphatic rings. The molecule has 2 nitrogen and oxygen atoms in total. The molecule has 1 fully saturated rings. The summed E-state index contributed by atoms with van der Waals surface area (Å²) in [5.74, 6) is 2.05. The van der Waals surface area contributed by atoms with E-state index in [1.807, 2.05) is 19.1 Å². The van der Waals surface area contributed by atoms with Gasteiger partial charge >= 0.3 is 0 Å². The Morgan fingerprint density at radius 1 is 1.15 bits per heavy atom. The van der Waals surface area contributed by atoms with Gasteiger partial charge in [-0.05, 0) is 73.6 Å². The summed E-state index contributed by atoms with van der Waals surface area (Å²) in [4.78, 5) is 0. The van der Waals surface area contributed by atoms with Gasteiger partial charge in [0.15, 0.2) is 0 Å². The number of rotatable bonds is 3. The Labute approximate surface area is 123 Å². The molecular weight excluding hydrogens is 246 g/mol. The number of nitrogens with one attached hydrogen (secondary N) is 1. The first-order chi connectivity index (χ1) is 9.36. The maximum atomic E-state index is 9.54. The zero-order valence-corrected chi connectivity index (χ0v) is 13.4. The lowest BCUT2D eigenvalue weighted by atomic mass is 9.70. The predicted molar refractivity (Wildman–Crippen MR) is 86.2 cm³/mol. The molecular formula is C18H29NO. The summed E-state index contributed by atoms with van der Waals surface area (Å²) in [7, 11) is 0. The summed E-state index contributed by atoms with van der Waals surface area (Å²) in [6.07, 6.45) is 5.41. The van der Waals surface area contributed by atoms with Crippen molar-refractivity contribution in [2.45, 2.75) is 53.4 Å². The molecule has 0 spiro atoms. The van der Waals surface area contributed by atoms with Crippen molar-refractivity contribution in [2.24, 2.45) is 17.3 Å². The summed E-state index contributed by atoms with van der Waals surface area (Å²) >= 11 is 0. The van der Waals surface area contributed by atoms with Crippen LogP contribution in [-0.4, -0.2) is 11.7 Å². The number of phenols is 1. The molecule has 0 atom stereocenters. The fourth-order valence-corrected chi connectivity index (χ4v) is 3.26. The van der Waals surface area contributed by atoms with Gasteiger partial charge in [-0.3, -0.25) is 0 Å². The zero-order valence-electron chi connectivity index (χ0n) is 13.4. The Morgan fingerprint density at radius 2 is 1.80 bits per heavy atom. The van der Waals surface area contributed by atoms with Gasteiger partial charge in [0.2, 0.25) is 0 Å². The Balaban J connectivity index is 1.80. The van der Waals surface area contributed by atoms with Crippen LogP contribution in [0.3, 0.4) is 0 Å². The summed E-state index contributed by atoms with van der Waals surface area (Å²) in [6, 6.07) is 5.76. The van der Waals surface area contributed by atoms with Crippen LogP contribution >= 0.6 is 0 Å². The lowest BCUT2D eigenvalue weighted by molar-refractivity contribution is 0.153. The molecule has 20 heavy (non-hydrogen) atoms. The SMILES string of the molecule is Cc1cc(NCC2CCC(C(C)(C)C)CC2)ccc1O. The molecule has 0 aliphatic heterocycles. The number of phenolic OH excluding ortho intramolecular Hbond substituents is 1. The number of aromatic hydroxyl groups is 1. The van der Waals surface area contributed by atoms with Crippen molar-refractivity contribution in [1.82, 2.24) is 0 Å². The Hall–Kier alpha value is -1.18. The third kappa shape index (κ3) is 3.91. The number of aryl methyl sites for hydroxylation is 1. The van der Waals surface area contributed by atoms with E-state index in [1.165, 1.54) is 25.7 Å². The van der Waals surface area contributed by atoms with Crippen molar-refractivity contribution in [3.05, 3.63) is 23.8 Å². The van der Waals surface area contributed by atoms with E-state index in [1.54, 1.807) is 6.07 Å². The van der Waals surface area contributed by atoms with Crippen molar-refractivity contribution < 1.29 is 5.11 Å². The highest BCUT2D eigenvalue weighted by Crippen LogP contribution is 2.39. The van der Waals surface area contributed by atoms with Gasteiger partial charge in [0, 0.05) is 12.2 Å². The van der Waals surface area contributed by atoms with Gasteiger partial charge in [0.25, 0.3) is 0 Å². The molecule has 112 valence electrons. The van der Waals surface area contributed by atoms with Gasteiger partial charge in [-0.1, -0.05) is 20.8 Å². The topological polar surface area (TPSA) is 32.3 Å². The van der Waals surface area contributed by atoms with Crippen LogP contribution in [0.25, 0.3) is 0 Å². The molecule has 1 aromatic carbocycles. The average molecular weight is 275 g/mol. The molecule has 0 bridgehead atoms. The second-order valence-corrected chi connectivity index (χ2v) is 7.47. The smallest absolute Gasteiger partial charge is 0.118 e. The predicted octanol–water partition coefficient (Wildman–Crippen LogP) is 4.97. The third-order valence-corrected chi connectivity index (χ3v) is 4.86. The van der Waals surface area contributed by atoms with E-state index in [4.69, 9.17) is 0 Å². The van der Waals surface area contributed by atoms with Crippen molar-refractivity contribution in [3.63, 3.8) is 0 Å². The van der Waals surface area contributed by atoms with E-state index >= 15 is 0 Å². The highest BCUT2D eigenvalue weighted by atomic mass is 16.3. The van der Waals surface area contributed by atoms with E-state index in [9.17, 15) is 5.11 Å². The molecule has 1 aromatic rings. The standard InChI is InChI=1S/C18H29NO/c1-13-11-16(9-10-17(13)20)19-12-14-5-7-15(8-6-14)18(2,3)4/h9-11,14-15,19-20H,5-8,12H2,1-4H3. The molecule has 2 heteroatoms. The first kappa shape index (κ1) is 15.2. The molecule has 0 saturated heterocycles. The fraction of sp³-hybridized carbons (Fsp3) is 0.667. The van der Waals surface area contributed by atoms with Crippen LogP contribution in [0.15, 0.2) is 18.2 Å². The van der Waals surface area contributed by atoms with Gasteiger partial charge in [-0.25, -0.2) is 0 Å². The quantitative estimate of drug-likeness (QED) is 0.764. The Kier molecular flexibility index (Phi) is 4.62. The van der Waals surface area contributed by atoms with Crippen LogP contribution in [0.2, 0.25) is 0 Å². The minimum absolute atomic E-state index is 0.376. The largest absolute Gasteiger partial charge is 0.508 e. The zero-order chi connectivity index (χ0) is 14.8. The monoisotopic (exact) mass is 275 g/mol. The second kappa shape index (κ2) is 6.07. The van der Waals surface area contributed by atoms with Gasteiger partial charge < -0.3 is 10.4 Å². The first-order valence-corrected chi connectivity index (χ1v) is 7.90.